The fourth-order valence-electron chi connectivity index (χ4n) is 3.44. The lowest BCUT2D eigenvalue weighted by Gasteiger charge is -2.34. The number of hydrogen-bond acceptors (Lipinski definition) is 5. The number of Topliss-reactive ketones (excluding diaryl/α,β-unsaturated/α-hetero) is 1. The molecule has 6 heteroatoms. The first kappa shape index (κ1) is 21.0. The van der Waals surface area contributed by atoms with E-state index in [2.05, 4.69) is 27.2 Å². The van der Waals surface area contributed by atoms with Crippen LogP contribution in [-0.2, 0) is 11.3 Å². The van der Waals surface area contributed by atoms with Crippen molar-refractivity contribution in [3.05, 3.63) is 59.7 Å². The molecule has 0 radical (unpaired) electrons. The highest BCUT2D eigenvalue weighted by molar-refractivity contribution is 5.97. The predicted octanol–water partition coefficient (Wildman–Crippen LogP) is 3.04. The van der Waals surface area contributed by atoms with Gasteiger partial charge in [0.1, 0.15) is 5.75 Å². The number of hydrogen-bond donors (Lipinski definition) is 1. The summed E-state index contributed by atoms with van der Waals surface area (Å²) in [5.41, 5.74) is 2.53. The Morgan fingerprint density at radius 2 is 1.69 bits per heavy atom. The summed E-state index contributed by atoms with van der Waals surface area (Å²) in [6, 6.07) is 15.3. The van der Waals surface area contributed by atoms with Crippen LogP contribution in [0.15, 0.2) is 48.5 Å². The molecule has 1 saturated heterocycles. The van der Waals surface area contributed by atoms with Gasteiger partial charge in [-0.05, 0) is 43.7 Å². The van der Waals surface area contributed by atoms with Crippen LogP contribution in [-0.4, -0.2) is 60.8 Å². The Morgan fingerprint density at radius 1 is 1.00 bits per heavy atom. The van der Waals surface area contributed by atoms with Crippen LogP contribution in [0.1, 0.15) is 29.8 Å². The summed E-state index contributed by atoms with van der Waals surface area (Å²) in [4.78, 5) is 28.4. The van der Waals surface area contributed by atoms with E-state index in [4.69, 9.17) is 4.74 Å². The zero-order chi connectivity index (χ0) is 20.6. The number of ketones is 1. The topological polar surface area (TPSA) is 61.9 Å². The van der Waals surface area contributed by atoms with E-state index in [-0.39, 0.29) is 11.7 Å². The zero-order valence-electron chi connectivity index (χ0n) is 17.2. The number of carbonyl (C=O) groups is 2. The number of carbonyl (C=O) groups excluding carboxylic acids is 2. The van der Waals surface area contributed by atoms with Gasteiger partial charge < -0.3 is 10.1 Å². The Kier molecular flexibility index (Phi) is 7.38. The van der Waals surface area contributed by atoms with Crippen LogP contribution in [0.3, 0.4) is 0 Å². The molecule has 1 amide bonds. The fourth-order valence-corrected chi connectivity index (χ4v) is 3.44. The van der Waals surface area contributed by atoms with Crippen molar-refractivity contribution in [3.8, 4) is 5.75 Å². The van der Waals surface area contributed by atoms with Gasteiger partial charge in [0.25, 0.3) is 0 Å². The molecular formula is C23H29N3O3. The van der Waals surface area contributed by atoms with Crippen molar-refractivity contribution in [1.82, 2.24) is 9.80 Å². The smallest absolute Gasteiger partial charge is 0.238 e. The molecule has 1 aliphatic heterocycles. The first-order chi connectivity index (χ1) is 14.0. The number of ether oxygens (including phenoxy) is 1. The molecule has 0 unspecified atom stereocenters. The van der Waals surface area contributed by atoms with Crippen LogP contribution >= 0.6 is 0 Å². The summed E-state index contributed by atoms with van der Waals surface area (Å²) in [6.45, 7) is 9.03. The second-order valence-electron chi connectivity index (χ2n) is 7.31. The maximum Gasteiger partial charge on any atom is 0.238 e. The lowest BCUT2D eigenvalue weighted by atomic mass is 10.1. The number of nitrogens with zero attached hydrogens (tertiary/aromatic N) is 2. The zero-order valence-corrected chi connectivity index (χ0v) is 17.2. The van der Waals surface area contributed by atoms with Crippen molar-refractivity contribution in [3.63, 3.8) is 0 Å². The van der Waals surface area contributed by atoms with Gasteiger partial charge in [-0.1, -0.05) is 24.3 Å². The van der Waals surface area contributed by atoms with Gasteiger partial charge >= 0.3 is 0 Å². The first-order valence-electron chi connectivity index (χ1n) is 10.1. The van der Waals surface area contributed by atoms with E-state index >= 15 is 0 Å². The lowest BCUT2D eigenvalue weighted by molar-refractivity contribution is -0.117. The van der Waals surface area contributed by atoms with Crippen molar-refractivity contribution in [1.29, 1.82) is 0 Å². The number of piperazine rings is 1. The molecule has 3 rings (SSSR count). The molecule has 0 atom stereocenters. The van der Waals surface area contributed by atoms with Gasteiger partial charge in [0, 0.05) is 44.0 Å². The van der Waals surface area contributed by atoms with Gasteiger partial charge in [-0.3, -0.25) is 19.4 Å². The van der Waals surface area contributed by atoms with Crippen LogP contribution in [0, 0.1) is 0 Å². The molecule has 6 nitrogen and oxygen atoms in total. The monoisotopic (exact) mass is 395 g/mol. The predicted molar refractivity (Wildman–Crippen MR) is 114 cm³/mol. The average molecular weight is 396 g/mol. The maximum absolute atomic E-state index is 12.4. The van der Waals surface area contributed by atoms with Crippen LogP contribution in [0.5, 0.6) is 5.75 Å². The highest BCUT2D eigenvalue weighted by Gasteiger charge is 2.19. The van der Waals surface area contributed by atoms with Gasteiger partial charge in [-0.15, -0.1) is 0 Å². The number of rotatable bonds is 8. The summed E-state index contributed by atoms with van der Waals surface area (Å²) in [5, 5.41) is 2.89. The molecule has 0 saturated carbocycles. The van der Waals surface area contributed by atoms with E-state index in [1.807, 2.05) is 19.1 Å². The number of anilines is 1. The summed E-state index contributed by atoms with van der Waals surface area (Å²) in [6.07, 6.45) is 0. The minimum Gasteiger partial charge on any atom is -0.494 e. The SMILES string of the molecule is CCOc1ccc(CN2CCN(CC(=O)Nc3cccc(C(C)=O)c3)CC2)cc1. The van der Waals surface area contributed by atoms with Crippen molar-refractivity contribution >= 4 is 17.4 Å². The minimum absolute atomic E-state index is 0.00949. The summed E-state index contributed by atoms with van der Waals surface area (Å²) in [7, 11) is 0. The minimum atomic E-state index is -0.0503. The normalized spacial score (nSPS) is 15.1. The summed E-state index contributed by atoms with van der Waals surface area (Å²) in [5.74, 6) is 0.844. The highest BCUT2D eigenvalue weighted by atomic mass is 16.5. The Labute approximate surface area is 172 Å². The molecule has 2 aromatic rings. The Bertz CT molecular complexity index is 828. The Hall–Kier alpha value is -2.70. The quantitative estimate of drug-likeness (QED) is 0.696. The molecule has 0 aliphatic carbocycles. The van der Waals surface area contributed by atoms with E-state index in [0.29, 0.717) is 24.4 Å². The molecule has 1 N–H and O–H groups in total. The third kappa shape index (κ3) is 6.41. The Balaban J connectivity index is 1.42. The molecule has 0 bridgehead atoms. The molecule has 29 heavy (non-hydrogen) atoms. The van der Waals surface area contributed by atoms with Crippen molar-refractivity contribution in [2.24, 2.45) is 0 Å². The largest absolute Gasteiger partial charge is 0.494 e. The summed E-state index contributed by atoms with van der Waals surface area (Å²) < 4.78 is 5.49. The maximum atomic E-state index is 12.4. The third-order valence-electron chi connectivity index (χ3n) is 5.03. The van der Waals surface area contributed by atoms with Gasteiger partial charge in [0.2, 0.25) is 5.91 Å². The Morgan fingerprint density at radius 3 is 2.34 bits per heavy atom. The third-order valence-corrected chi connectivity index (χ3v) is 5.03. The van der Waals surface area contributed by atoms with Crippen LogP contribution in [0.25, 0.3) is 0 Å². The molecule has 1 fully saturated rings. The lowest BCUT2D eigenvalue weighted by Crippen LogP contribution is -2.48. The molecule has 0 aromatic heterocycles. The van der Waals surface area contributed by atoms with E-state index in [1.165, 1.54) is 12.5 Å². The van der Waals surface area contributed by atoms with Crippen molar-refractivity contribution < 1.29 is 14.3 Å². The van der Waals surface area contributed by atoms with Crippen molar-refractivity contribution in [2.75, 3.05) is 44.6 Å². The second-order valence-corrected chi connectivity index (χ2v) is 7.31. The first-order valence-corrected chi connectivity index (χ1v) is 10.1. The van der Waals surface area contributed by atoms with E-state index < -0.39 is 0 Å². The average Bonchev–Trinajstić information content (AvgIpc) is 2.71. The standard InChI is InChI=1S/C23H29N3O3/c1-3-29-22-9-7-19(8-10-22)16-25-11-13-26(14-12-25)17-23(28)24-21-6-4-5-20(15-21)18(2)27/h4-10,15H,3,11-14,16-17H2,1-2H3,(H,24,28). The van der Waals surface area contributed by atoms with Gasteiger partial charge in [-0.2, -0.15) is 0 Å². The van der Waals surface area contributed by atoms with Gasteiger partial charge in [0.15, 0.2) is 5.78 Å². The number of amides is 1. The van der Waals surface area contributed by atoms with Crippen LogP contribution in [0.4, 0.5) is 5.69 Å². The molecule has 154 valence electrons. The number of nitrogens with one attached hydrogen (secondary N) is 1. The van der Waals surface area contributed by atoms with Crippen molar-refractivity contribution in [2.45, 2.75) is 20.4 Å². The molecule has 1 aliphatic rings. The molecule has 1 heterocycles. The van der Waals surface area contributed by atoms with E-state index in [9.17, 15) is 9.59 Å². The second kappa shape index (κ2) is 10.2. The molecule has 2 aromatic carbocycles. The number of benzene rings is 2. The highest BCUT2D eigenvalue weighted by Crippen LogP contribution is 2.15. The summed E-state index contributed by atoms with van der Waals surface area (Å²) >= 11 is 0. The van der Waals surface area contributed by atoms with Crippen LogP contribution < -0.4 is 10.1 Å². The van der Waals surface area contributed by atoms with Gasteiger partial charge in [0.05, 0.1) is 13.2 Å². The fraction of sp³-hybridized carbons (Fsp3) is 0.391. The molecular weight excluding hydrogens is 366 g/mol. The van der Waals surface area contributed by atoms with Gasteiger partial charge in [-0.25, -0.2) is 0 Å². The van der Waals surface area contributed by atoms with E-state index in [1.54, 1.807) is 24.3 Å². The molecule has 0 spiro atoms. The van der Waals surface area contributed by atoms with Crippen LogP contribution in [0.2, 0.25) is 0 Å². The van der Waals surface area contributed by atoms with E-state index in [0.717, 1.165) is 38.5 Å².